The van der Waals surface area contributed by atoms with Gasteiger partial charge in [-0.3, -0.25) is 4.79 Å². The second kappa shape index (κ2) is 9.14. The number of hydrogen-bond donors (Lipinski definition) is 3. The molecule has 0 saturated carbocycles. The Hall–Kier alpha value is -3.92. The number of nitrogens with two attached hydrogens (primary N) is 1. The van der Waals surface area contributed by atoms with E-state index in [9.17, 15) is 23.1 Å². The number of carbonyl (C=O) groups excluding carboxylic acids is 1. The highest BCUT2D eigenvalue weighted by molar-refractivity contribution is 5.95. The molecule has 0 radical (unpaired) electrons. The van der Waals surface area contributed by atoms with E-state index in [1.54, 1.807) is 61.7 Å². The van der Waals surface area contributed by atoms with E-state index in [0.717, 1.165) is 0 Å². The Morgan fingerprint density at radius 3 is 2.62 bits per heavy atom. The molecule has 4 N–H and O–H groups in total. The van der Waals surface area contributed by atoms with Gasteiger partial charge in [0.2, 0.25) is 5.91 Å². The summed E-state index contributed by atoms with van der Waals surface area (Å²) in [6.07, 6.45) is -3.74. The van der Waals surface area contributed by atoms with Crippen LogP contribution in [0.1, 0.15) is 27.9 Å². The van der Waals surface area contributed by atoms with Crippen molar-refractivity contribution in [1.82, 2.24) is 14.6 Å². The van der Waals surface area contributed by atoms with Gasteiger partial charge in [-0.25, -0.2) is 9.50 Å². The lowest BCUT2D eigenvalue weighted by atomic mass is 10.0. The van der Waals surface area contributed by atoms with Crippen molar-refractivity contribution < 1.29 is 23.1 Å². The first-order chi connectivity index (χ1) is 16.2. The predicted octanol–water partition coefficient (Wildman–Crippen LogP) is 4.33. The number of aliphatic hydroxyl groups excluding tert-OH is 1. The van der Waals surface area contributed by atoms with Crippen LogP contribution >= 0.6 is 0 Å². The first-order valence-electron chi connectivity index (χ1n) is 10.5. The van der Waals surface area contributed by atoms with Crippen molar-refractivity contribution in [2.24, 2.45) is 5.73 Å². The molecule has 0 aliphatic rings. The summed E-state index contributed by atoms with van der Waals surface area (Å²) in [5, 5.41) is 17.3. The smallest absolute Gasteiger partial charge is 0.390 e. The molecule has 0 spiro atoms. The van der Waals surface area contributed by atoms with Gasteiger partial charge in [0, 0.05) is 23.2 Å². The van der Waals surface area contributed by atoms with Crippen LogP contribution in [0, 0.1) is 6.92 Å². The zero-order valence-electron chi connectivity index (χ0n) is 18.2. The Balaban J connectivity index is 1.87. The molecule has 0 saturated heterocycles. The van der Waals surface area contributed by atoms with Crippen LogP contribution in [0.25, 0.3) is 28.2 Å². The number of benzene rings is 2. The highest BCUT2D eigenvalue weighted by Crippen LogP contribution is 2.31. The second-order valence-electron chi connectivity index (χ2n) is 7.82. The molecule has 7 nitrogen and oxygen atoms in total. The molecule has 2 aromatic heterocycles. The summed E-state index contributed by atoms with van der Waals surface area (Å²) in [6, 6.07) is 13.8. The number of nitrogens with zero attached hydrogens (tertiary/aromatic N) is 3. The van der Waals surface area contributed by atoms with E-state index in [0.29, 0.717) is 50.5 Å². The average Bonchev–Trinajstić information content (AvgIpc) is 3.22. The molecule has 0 aliphatic carbocycles. The van der Waals surface area contributed by atoms with Crippen molar-refractivity contribution in [2.45, 2.75) is 26.1 Å². The molecule has 10 heteroatoms. The minimum atomic E-state index is -4.30. The van der Waals surface area contributed by atoms with Gasteiger partial charge in [-0.15, -0.1) is 0 Å². The lowest BCUT2D eigenvalue weighted by Crippen LogP contribution is -2.15. The van der Waals surface area contributed by atoms with E-state index < -0.39 is 18.5 Å². The van der Waals surface area contributed by atoms with Crippen molar-refractivity contribution in [3.8, 4) is 22.5 Å². The van der Waals surface area contributed by atoms with Gasteiger partial charge in [0.1, 0.15) is 0 Å². The fraction of sp³-hybridized carbons (Fsp3) is 0.208. The fourth-order valence-corrected chi connectivity index (χ4v) is 3.77. The van der Waals surface area contributed by atoms with Gasteiger partial charge >= 0.3 is 6.18 Å². The van der Waals surface area contributed by atoms with Crippen molar-refractivity contribution >= 4 is 17.2 Å². The molecule has 4 rings (SSSR count). The van der Waals surface area contributed by atoms with Gasteiger partial charge in [-0.1, -0.05) is 30.3 Å². The summed E-state index contributed by atoms with van der Waals surface area (Å²) in [6.45, 7) is 1.20. The molecular formula is C24H22F3N5O2. The minimum Gasteiger partial charge on any atom is -0.392 e. The van der Waals surface area contributed by atoms with Crippen LogP contribution in [0.2, 0.25) is 0 Å². The Labute approximate surface area is 193 Å². The number of amides is 1. The van der Waals surface area contributed by atoms with Crippen LogP contribution in [-0.4, -0.2) is 38.3 Å². The standard InChI is InChI=1S/C24H22F3N5O2/c1-14-10-15(6-7-17(14)22(28)34)21-12-30-23-20(29-9-8-24(25,26)27)11-19(31-32(21)23)18-5-3-2-4-16(18)13-33/h2-7,10-12,29,33H,8-9,13H2,1H3,(H2,28,34). The highest BCUT2D eigenvalue weighted by atomic mass is 19.4. The number of nitrogens with one attached hydrogen (secondary N) is 1. The minimum absolute atomic E-state index is 0.225. The molecular weight excluding hydrogens is 447 g/mol. The van der Waals surface area contributed by atoms with Crippen LogP contribution in [0.4, 0.5) is 18.9 Å². The van der Waals surface area contributed by atoms with E-state index >= 15 is 0 Å². The molecule has 34 heavy (non-hydrogen) atoms. The maximum Gasteiger partial charge on any atom is 0.390 e. The number of aliphatic hydroxyl groups is 1. The quantitative estimate of drug-likeness (QED) is 0.374. The Kier molecular flexibility index (Phi) is 6.25. The topological polar surface area (TPSA) is 106 Å². The molecule has 1 amide bonds. The van der Waals surface area contributed by atoms with Gasteiger partial charge < -0.3 is 16.2 Å². The summed E-state index contributed by atoms with van der Waals surface area (Å²) in [5.41, 5.74) is 10.2. The van der Waals surface area contributed by atoms with Crippen LogP contribution in [0.5, 0.6) is 0 Å². The van der Waals surface area contributed by atoms with Crippen molar-refractivity contribution in [3.63, 3.8) is 0 Å². The molecule has 0 fully saturated rings. The van der Waals surface area contributed by atoms with Crippen molar-refractivity contribution in [2.75, 3.05) is 11.9 Å². The number of imidazole rings is 1. The van der Waals surface area contributed by atoms with Crippen molar-refractivity contribution in [1.29, 1.82) is 0 Å². The van der Waals surface area contributed by atoms with Gasteiger partial charge in [0.15, 0.2) is 5.65 Å². The lowest BCUT2D eigenvalue weighted by molar-refractivity contribution is -0.131. The van der Waals surface area contributed by atoms with E-state index in [2.05, 4.69) is 15.4 Å². The van der Waals surface area contributed by atoms with Gasteiger partial charge in [-0.2, -0.15) is 18.3 Å². The number of carbonyl (C=O) groups is 1. The summed E-state index contributed by atoms with van der Waals surface area (Å²) in [7, 11) is 0. The van der Waals surface area contributed by atoms with Crippen LogP contribution in [0.3, 0.4) is 0 Å². The molecule has 0 atom stereocenters. The number of aromatic nitrogens is 3. The number of anilines is 1. The summed E-state index contributed by atoms with van der Waals surface area (Å²) in [5.74, 6) is -0.542. The largest absolute Gasteiger partial charge is 0.392 e. The molecule has 0 bridgehead atoms. The summed E-state index contributed by atoms with van der Waals surface area (Å²) in [4.78, 5) is 16.0. The normalized spacial score (nSPS) is 11.7. The molecule has 0 unspecified atom stereocenters. The third kappa shape index (κ3) is 4.72. The monoisotopic (exact) mass is 469 g/mol. The van der Waals surface area contributed by atoms with Crippen LogP contribution in [0.15, 0.2) is 54.7 Å². The number of alkyl halides is 3. The highest BCUT2D eigenvalue weighted by Gasteiger charge is 2.26. The summed E-state index contributed by atoms with van der Waals surface area (Å²) >= 11 is 0. The Morgan fingerprint density at radius 2 is 1.94 bits per heavy atom. The maximum atomic E-state index is 12.7. The fourth-order valence-electron chi connectivity index (χ4n) is 3.77. The first kappa shape index (κ1) is 23.2. The number of fused-ring (bicyclic) bond motifs is 1. The molecule has 4 aromatic rings. The maximum absolute atomic E-state index is 12.7. The van der Waals surface area contributed by atoms with Crippen molar-refractivity contribution in [3.05, 3.63) is 71.4 Å². The zero-order valence-corrected chi connectivity index (χ0v) is 18.2. The summed E-state index contributed by atoms with van der Waals surface area (Å²) < 4.78 is 39.7. The lowest BCUT2D eigenvalue weighted by Gasteiger charge is -2.14. The van der Waals surface area contributed by atoms with Gasteiger partial charge in [0.25, 0.3) is 0 Å². The van der Waals surface area contributed by atoms with E-state index in [-0.39, 0.29) is 13.2 Å². The van der Waals surface area contributed by atoms with E-state index in [1.807, 2.05) is 0 Å². The van der Waals surface area contributed by atoms with E-state index in [4.69, 9.17) is 5.73 Å². The third-order valence-electron chi connectivity index (χ3n) is 5.44. The average molecular weight is 469 g/mol. The molecule has 2 heterocycles. The van der Waals surface area contributed by atoms with Gasteiger partial charge in [-0.05, 0) is 36.2 Å². The molecule has 0 aliphatic heterocycles. The number of hydrogen-bond acceptors (Lipinski definition) is 5. The number of halogens is 3. The van der Waals surface area contributed by atoms with Gasteiger partial charge in [0.05, 0.1) is 36.3 Å². The second-order valence-corrected chi connectivity index (χ2v) is 7.82. The zero-order chi connectivity index (χ0) is 24.5. The number of aryl methyl sites for hydroxylation is 1. The number of rotatable bonds is 7. The molecule has 176 valence electrons. The molecule has 2 aromatic carbocycles. The SMILES string of the molecule is Cc1cc(-c2cnc3c(NCCC(F)(F)F)cc(-c4ccccc4CO)nn23)ccc1C(N)=O. The Bertz CT molecular complexity index is 1360. The Morgan fingerprint density at radius 1 is 1.18 bits per heavy atom. The van der Waals surface area contributed by atoms with Crippen LogP contribution < -0.4 is 11.1 Å². The number of primary amides is 1. The third-order valence-corrected chi connectivity index (χ3v) is 5.44. The van der Waals surface area contributed by atoms with E-state index in [1.165, 1.54) is 4.52 Å². The first-order valence-corrected chi connectivity index (χ1v) is 10.5. The van der Waals surface area contributed by atoms with Crippen LogP contribution in [-0.2, 0) is 6.61 Å². The predicted molar refractivity (Wildman–Crippen MR) is 122 cm³/mol.